The summed E-state index contributed by atoms with van der Waals surface area (Å²) < 4.78 is 14.8. The van der Waals surface area contributed by atoms with E-state index >= 15 is 0 Å². The molecule has 1 aromatic rings. The van der Waals surface area contributed by atoms with E-state index in [1.807, 2.05) is 0 Å². The lowest BCUT2D eigenvalue weighted by Gasteiger charge is -2.32. The highest BCUT2D eigenvalue weighted by Crippen LogP contribution is 2.25. The number of likely N-dealkylation sites (N-methyl/N-ethyl adjacent to an activating group) is 2. The first-order chi connectivity index (χ1) is 8.99. The Labute approximate surface area is 122 Å². The zero-order valence-electron chi connectivity index (χ0n) is 11.4. The summed E-state index contributed by atoms with van der Waals surface area (Å²) in [5.74, 6) is -0.226. The maximum Gasteiger partial charge on any atom is 0.128 e. The van der Waals surface area contributed by atoms with Gasteiger partial charge in [0.2, 0.25) is 0 Å². The quantitative estimate of drug-likeness (QED) is 0.903. The number of hydrogen-bond donors (Lipinski definition) is 1. The Kier molecular flexibility index (Phi) is 4.95. The van der Waals surface area contributed by atoms with E-state index < -0.39 is 0 Å². The molecule has 0 aromatic heterocycles. The van der Waals surface area contributed by atoms with Crippen molar-refractivity contribution in [3.8, 4) is 0 Å². The van der Waals surface area contributed by atoms with E-state index in [1.165, 1.54) is 6.07 Å². The molecule has 3 nitrogen and oxygen atoms in total. The van der Waals surface area contributed by atoms with Crippen molar-refractivity contribution in [2.75, 3.05) is 33.7 Å². The summed E-state index contributed by atoms with van der Waals surface area (Å²) in [6.45, 7) is 2.93. The average molecular weight is 330 g/mol. The third-order valence-corrected chi connectivity index (χ3v) is 4.34. The second-order valence-corrected chi connectivity index (χ2v) is 6.27. The standard InChI is InChI=1S/C14H21BrFN3/c1-18-6-3-7-19(2)13(9-18)14(17)11-8-10(15)4-5-12(11)16/h4-5,8,13-14H,3,6-7,9,17H2,1-2H3. The van der Waals surface area contributed by atoms with Crippen LogP contribution in [0, 0.1) is 5.82 Å². The fourth-order valence-electron chi connectivity index (χ4n) is 2.67. The second-order valence-electron chi connectivity index (χ2n) is 5.36. The van der Waals surface area contributed by atoms with Gasteiger partial charge in [-0.05, 0) is 51.8 Å². The number of halogens is 2. The van der Waals surface area contributed by atoms with Crippen LogP contribution in [0.25, 0.3) is 0 Å². The molecule has 19 heavy (non-hydrogen) atoms. The zero-order chi connectivity index (χ0) is 14.0. The van der Waals surface area contributed by atoms with Gasteiger partial charge < -0.3 is 15.5 Å². The molecule has 0 radical (unpaired) electrons. The first-order valence-corrected chi connectivity index (χ1v) is 7.37. The van der Waals surface area contributed by atoms with Crippen LogP contribution in [0.1, 0.15) is 18.0 Å². The maximum atomic E-state index is 14.0. The largest absolute Gasteiger partial charge is 0.323 e. The van der Waals surface area contributed by atoms with Gasteiger partial charge in [-0.15, -0.1) is 0 Å². The third-order valence-electron chi connectivity index (χ3n) is 3.85. The lowest BCUT2D eigenvalue weighted by Crippen LogP contribution is -2.45. The zero-order valence-corrected chi connectivity index (χ0v) is 13.0. The van der Waals surface area contributed by atoms with Crippen LogP contribution in [0.15, 0.2) is 22.7 Å². The van der Waals surface area contributed by atoms with Gasteiger partial charge in [-0.25, -0.2) is 4.39 Å². The fourth-order valence-corrected chi connectivity index (χ4v) is 3.05. The van der Waals surface area contributed by atoms with Gasteiger partial charge in [-0.3, -0.25) is 0 Å². The summed E-state index contributed by atoms with van der Waals surface area (Å²) in [6.07, 6.45) is 1.12. The molecular formula is C14H21BrFN3. The van der Waals surface area contributed by atoms with Gasteiger partial charge in [0.1, 0.15) is 5.82 Å². The Morgan fingerprint density at radius 3 is 2.84 bits per heavy atom. The molecule has 2 atom stereocenters. The highest BCUT2D eigenvalue weighted by Gasteiger charge is 2.28. The molecule has 1 saturated heterocycles. The van der Waals surface area contributed by atoms with E-state index in [-0.39, 0.29) is 17.9 Å². The Morgan fingerprint density at radius 2 is 2.11 bits per heavy atom. The summed E-state index contributed by atoms with van der Waals surface area (Å²) in [6, 6.07) is 4.78. The van der Waals surface area contributed by atoms with Crippen molar-refractivity contribution in [1.82, 2.24) is 9.80 Å². The summed E-state index contributed by atoms with van der Waals surface area (Å²) in [5.41, 5.74) is 6.92. The molecule has 5 heteroatoms. The van der Waals surface area contributed by atoms with Gasteiger partial charge in [-0.2, -0.15) is 0 Å². The molecule has 106 valence electrons. The van der Waals surface area contributed by atoms with Gasteiger partial charge in [0.25, 0.3) is 0 Å². The molecular weight excluding hydrogens is 309 g/mol. The highest BCUT2D eigenvalue weighted by atomic mass is 79.9. The van der Waals surface area contributed by atoms with Gasteiger partial charge in [0.15, 0.2) is 0 Å². The summed E-state index contributed by atoms with van der Waals surface area (Å²) in [4.78, 5) is 4.51. The van der Waals surface area contributed by atoms with Crippen LogP contribution < -0.4 is 5.73 Å². The van der Waals surface area contributed by atoms with Crippen molar-refractivity contribution < 1.29 is 4.39 Å². The van der Waals surface area contributed by atoms with Crippen LogP contribution in [0.5, 0.6) is 0 Å². The van der Waals surface area contributed by atoms with Gasteiger partial charge in [-0.1, -0.05) is 15.9 Å². The topological polar surface area (TPSA) is 32.5 Å². The number of rotatable bonds is 2. The predicted molar refractivity (Wildman–Crippen MR) is 79.6 cm³/mol. The van der Waals surface area contributed by atoms with Gasteiger partial charge in [0, 0.05) is 28.7 Å². The van der Waals surface area contributed by atoms with E-state index in [1.54, 1.807) is 12.1 Å². The van der Waals surface area contributed by atoms with Crippen LogP contribution in [-0.4, -0.2) is 49.6 Å². The van der Waals surface area contributed by atoms with Crippen molar-refractivity contribution >= 4 is 15.9 Å². The minimum Gasteiger partial charge on any atom is -0.323 e. The van der Waals surface area contributed by atoms with Crippen molar-refractivity contribution in [1.29, 1.82) is 0 Å². The van der Waals surface area contributed by atoms with Crippen molar-refractivity contribution in [2.24, 2.45) is 5.73 Å². The molecule has 0 saturated carbocycles. The lowest BCUT2D eigenvalue weighted by molar-refractivity contribution is 0.194. The van der Waals surface area contributed by atoms with Gasteiger partial charge >= 0.3 is 0 Å². The molecule has 1 aliphatic heterocycles. The monoisotopic (exact) mass is 329 g/mol. The minimum atomic E-state index is -0.317. The van der Waals surface area contributed by atoms with E-state index in [0.717, 1.165) is 30.5 Å². The normalized spacial score (nSPS) is 24.2. The first-order valence-electron chi connectivity index (χ1n) is 6.58. The molecule has 2 rings (SSSR count). The molecule has 1 heterocycles. The van der Waals surface area contributed by atoms with Gasteiger partial charge in [0.05, 0.1) is 0 Å². The SMILES string of the molecule is CN1CCCN(C)C(C(N)c2cc(Br)ccc2F)C1. The number of nitrogens with two attached hydrogens (primary N) is 1. The predicted octanol–water partition coefficient (Wildman–Crippen LogP) is 2.22. The molecule has 0 spiro atoms. The first kappa shape index (κ1) is 14.9. The Balaban J connectivity index is 2.25. The lowest BCUT2D eigenvalue weighted by atomic mass is 9.98. The van der Waals surface area contributed by atoms with Crippen LogP contribution in [0.3, 0.4) is 0 Å². The number of benzene rings is 1. The smallest absolute Gasteiger partial charge is 0.128 e. The molecule has 0 bridgehead atoms. The fraction of sp³-hybridized carbons (Fsp3) is 0.571. The summed E-state index contributed by atoms with van der Waals surface area (Å²) in [7, 11) is 4.16. The summed E-state index contributed by atoms with van der Waals surface area (Å²) >= 11 is 3.38. The van der Waals surface area contributed by atoms with Crippen molar-refractivity contribution in [3.63, 3.8) is 0 Å². The minimum absolute atomic E-state index is 0.135. The second kappa shape index (κ2) is 6.31. The van der Waals surface area contributed by atoms with Crippen LogP contribution in [0.4, 0.5) is 4.39 Å². The van der Waals surface area contributed by atoms with Crippen LogP contribution in [-0.2, 0) is 0 Å². The van der Waals surface area contributed by atoms with E-state index in [2.05, 4.69) is 39.8 Å². The Bertz CT molecular complexity index is 441. The average Bonchev–Trinajstić information content (AvgIpc) is 2.53. The Hall–Kier alpha value is -0.490. The molecule has 1 aliphatic rings. The number of nitrogens with zero attached hydrogens (tertiary/aromatic N) is 2. The molecule has 1 fully saturated rings. The maximum absolute atomic E-state index is 14.0. The van der Waals surface area contributed by atoms with Crippen LogP contribution in [0.2, 0.25) is 0 Å². The van der Waals surface area contributed by atoms with E-state index in [0.29, 0.717) is 5.56 Å². The van der Waals surface area contributed by atoms with Crippen molar-refractivity contribution in [3.05, 3.63) is 34.1 Å². The van der Waals surface area contributed by atoms with Crippen molar-refractivity contribution in [2.45, 2.75) is 18.5 Å². The molecule has 0 amide bonds. The summed E-state index contributed by atoms with van der Waals surface area (Å²) in [5, 5.41) is 0. The van der Waals surface area contributed by atoms with Crippen LogP contribution >= 0.6 is 15.9 Å². The molecule has 2 unspecified atom stereocenters. The molecule has 0 aliphatic carbocycles. The van der Waals surface area contributed by atoms with E-state index in [4.69, 9.17) is 5.73 Å². The third kappa shape index (κ3) is 3.54. The van der Waals surface area contributed by atoms with E-state index in [9.17, 15) is 4.39 Å². The molecule has 2 N–H and O–H groups in total. The number of hydrogen-bond acceptors (Lipinski definition) is 3. The highest BCUT2D eigenvalue weighted by molar-refractivity contribution is 9.10. The molecule has 1 aromatic carbocycles. The Morgan fingerprint density at radius 1 is 1.37 bits per heavy atom.